The van der Waals surface area contributed by atoms with Gasteiger partial charge in [-0.1, -0.05) is 12.1 Å². The molecule has 11 heteroatoms. The van der Waals surface area contributed by atoms with E-state index in [0.29, 0.717) is 36.6 Å². The molecular formula is C29H35FN6O4. The smallest absolute Gasteiger partial charge is 0.254 e. The number of aliphatic hydroxyl groups is 1. The number of halogens is 1. The quantitative estimate of drug-likeness (QED) is 0.325. The van der Waals surface area contributed by atoms with Crippen LogP contribution < -0.4 is 15.4 Å². The van der Waals surface area contributed by atoms with Crippen LogP contribution >= 0.6 is 0 Å². The number of hydrogen-bond donors (Lipinski definition) is 2. The number of anilines is 1. The molecule has 1 amide bonds. The Morgan fingerprint density at radius 2 is 2.02 bits per heavy atom. The Hall–Kier alpha value is -3.67. The highest BCUT2D eigenvalue weighted by Crippen LogP contribution is 2.39. The molecule has 3 N–H and O–H groups in total. The summed E-state index contributed by atoms with van der Waals surface area (Å²) in [7, 11) is 3.52. The van der Waals surface area contributed by atoms with Gasteiger partial charge in [0.1, 0.15) is 17.4 Å². The number of ether oxygens (including phenoxy) is 2. The van der Waals surface area contributed by atoms with Gasteiger partial charge in [-0.3, -0.25) is 4.79 Å². The molecule has 2 atom stereocenters. The fourth-order valence-electron chi connectivity index (χ4n) is 6.13. The number of amides is 1. The Labute approximate surface area is 231 Å². The highest BCUT2D eigenvalue weighted by Gasteiger charge is 2.30. The van der Waals surface area contributed by atoms with Gasteiger partial charge in [0.05, 0.1) is 55.9 Å². The van der Waals surface area contributed by atoms with Crippen LogP contribution in [0.5, 0.6) is 5.75 Å². The highest BCUT2D eigenvalue weighted by molar-refractivity contribution is 6.01. The van der Waals surface area contributed by atoms with E-state index in [9.17, 15) is 9.18 Å². The molecule has 0 aliphatic carbocycles. The maximum atomic E-state index is 14.2. The number of alkyl halides is 1. The van der Waals surface area contributed by atoms with Crippen molar-refractivity contribution in [2.45, 2.75) is 25.2 Å². The molecule has 1 saturated heterocycles. The van der Waals surface area contributed by atoms with E-state index in [4.69, 9.17) is 25.3 Å². The van der Waals surface area contributed by atoms with Crippen molar-refractivity contribution in [1.82, 2.24) is 19.0 Å². The van der Waals surface area contributed by atoms with Crippen molar-refractivity contribution in [2.75, 3.05) is 58.0 Å². The van der Waals surface area contributed by atoms with Crippen LogP contribution in [0.15, 0.2) is 36.4 Å². The molecule has 4 heterocycles. The first-order valence-corrected chi connectivity index (χ1v) is 13.7. The number of carbonyl (C=O) groups excluding carboxylic acids is 1. The SMILES string of the molecule is COc1cc(C(=O)N2C[C@H](N)C[C@@H](F)C2)cc2nc(-c3cc4cccc5c4n3CCN5CCOCCO)n(C)c12. The van der Waals surface area contributed by atoms with Gasteiger partial charge in [-0.2, -0.15) is 0 Å². The van der Waals surface area contributed by atoms with Crippen molar-refractivity contribution >= 4 is 33.5 Å². The molecule has 2 aromatic carbocycles. The number of aryl methyl sites for hydroxylation is 1. The summed E-state index contributed by atoms with van der Waals surface area (Å²) in [4.78, 5) is 22.1. The van der Waals surface area contributed by atoms with Crippen molar-refractivity contribution in [3.63, 3.8) is 0 Å². The zero-order chi connectivity index (χ0) is 28.0. The van der Waals surface area contributed by atoms with Gasteiger partial charge >= 0.3 is 0 Å². The maximum Gasteiger partial charge on any atom is 0.254 e. The van der Waals surface area contributed by atoms with Crippen molar-refractivity contribution in [1.29, 1.82) is 0 Å². The highest BCUT2D eigenvalue weighted by atomic mass is 19.1. The molecule has 0 saturated carbocycles. The lowest BCUT2D eigenvalue weighted by atomic mass is 10.0. The largest absolute Gasteiger partial charge is 0.494 e. The average Bonchev–Trinajstić information content (AvgIpc) is 3.49. The number of piperidine rings is 1. The lowest BCUT2D eigenvalue weighted by Crippen LogP contribution is -2.50. The molecular weight excluding hydrogens is 515 g/mol. The summed E-state index contributed by atoms with van der Waals surface area (Å²) >= 11 is 0. The normalized spacial score (nSPS) is 19.1. The van der Waals surface area contributed by atoms with Crippen molar-refractivity contribution in [2.24, 2.45) is 12.8 Å². The molecule has 6 rings (SSSR count). The van der Waals surface area contributed by atoms with Gasteiger partial charge in [-0.15, -0.1) is 0 Å². The first kappa shape index (κ1) is 26.5. The number of methoxy groups -OCH3 is 1. The Balaban J connectivity index is 1.39. The third kappa shape index (κ3) is 4.57. The molecule has 4 aromatic rings. The molecule has 0 radical (unpaired) electrons. The monoisotopic (exact) mass is 550 g/mol. The average molecular weight is 551 g/mol. The molecule has 0 spiro atoms. The van der Waals surface area contributed by atoms with Crippen molar-refractivity contribution in [3.05, 3.63) is 42.0 Å². The second-order valence-corrected chi connectivity index (χ2v) is 10.6. The topological polar surface area (TPSA) is 111 Å². The molecule has 10 nitrogen and oxygen atoms in total. The number of carbonyl (C=O) groups is 1. The summed E-state index contributed by atoms with van der Waals surface area (Å²) in [6, 6.07) is 11.5. The number of benzene rings is 2. The minimum Gasteiger partial charge on any atom is -0.494 e. The number of aliphatic hydroxyl groups excluding tert-OH is 1. The summed E-state index contributed by atoms with van der Waals surface area (Å²) in [5.74, 6) is 1.02. The third-order valence-electron chi connectivity index (χ3n) is 7.92. The van der Waals surface area contributed by atoms with Crippen LogP contribution in [0.25, 0.3) is 33.5 Å². The van der Waals surface area contributed by atoms with E-state index in [2.05, 4.69) is 33.7 Å². The number of likely N-dealkylation sites (tertiary alicyclic amines) is 1. The predicted octanol–water partition coefficient (Wildman–Crippen LogP) is 2.54. The lowest BCUT2D eigenvalue weighted by Gasteiger charge is -2.33. The van der Waals surface area contributed by atoms with Gasteiger partial charge in [-0.25, -0.2) is 9.37 Å². The third-order valence-corrected chi connectivity index (χ3v) is 7.92. The number of hydrogen-bond acceptors (Lipinski definition) is 7. The Bertz CT molecular complexity index is 1560. The van der Waals surface area contributed by atoms with E-state index in [1.54, 1.807) is 19.2 Å². The molecule has 0 bridgehead atoms. The summed E-state index contributed by atoms with van der Waals surface area (Å²) in [6.45, 7) is 3.59. The standard InChI is InChI=1S/C29H35FN6O4/c1-33-27-22(12-19(14-25(27)39-2)29(38)35-16-20(30)15-21(31)17-35)32-28(33)24-13-18-4-3-5-23-26(18)36(24)7-6-34(23)8-10-40-11-9-37/h3-5,12-14,20-21,37H,6-11,15-17,31H2,1-2H3/t20-,21-/m1/s1. The fraction of sp³-hybridized carbons (Fsp3) is 0.448. The van der Waals surface area contributed by atoms with E-state index in [1.165, 1.54) is 4.90 Å². The molecule has 0 unspecified atom stereocenters. The first-order valence-electron chi connectivity index (χ1n) is 13.7. The van der Waals surface area contributed by atoms with Crippen molar-refractivity contribution < 1.29 is 23.8 Å². The van der Waals surface area contributed by atoms with E-state index >= 15 is 0 Å². The Kier molecular flexibility index (Phi) is 7.11. The van der Waals surface area contributed by atoms with Crippen LogP contribution in [0.2, 0.25) is 0 Å². The number of imidazole rings is 1. The molecule has 212 valence electrons. The van der Waals surface area contributed by atoms with E-state index in [0.717, 1.165) is 53.3 Å². The van der Waals surface area contributed by atoms with Crippen LogP contribution in [-0.4, -0.2) is 95.4 Å². The van der Waals surface area contributed by atoms with Crippen molar-refractivity contribution in [3.8, 4) is 17.3 Å². The molecule has 2 aliphatic heterocycles. The number of aromatic nitrogens is 3. The van der Waals surface area contributed by atoms with Crippen LogP contribution in [0.3, 0.4) is 0 Å². The molecule has 40 heavy (non-hydrogen) atoms. The predicted molar refractivity (Wildman–Crippen MR) is 152 cm³/mol. The number of fused-ring (bicyclic) bond motifs is 1. The van der Waals surface area contributed by atoms with Gasteiger partial charge in [0.15, 0.2) is 5.82 Å². The number of nitrogens with zero attached hydrogens (tertiary/aromatic N) is 5. The summed E-state index contributed by atoms with van der Waals surface area (Å²) < 4.78 is 29.7. The summed E-state index contributed by atoms with van der Waals surface area (Å²) in [6.07, 6.45) is -0.866. The Morgan fingerprint density at radius 1 is 1.18 bits per heavy atom. The molecule has 2 aromatic heterocycles. The van der Waals surface area contributed by atoms with Crippen LogP contribution in [0.1, 0.15) is 16.8 Å². The summed E-state index contributed by atoms with van der Waals surface area (Å²) in [5, 5.41) is 10.1. The van der Waals surface area contributed by atoms with Gasteiger partial charge in [0.2, 0.25) is 0 Å². The zero-order valence-electron chi connectivity index (χ0n) is 22.8. The molecule has 1 fully saturated rings. The van der Waals surface area contributed by atoms with Gasteiger partial charge in [-0.05, 0) is 30.7 Å². The maximum absolute atomic E-state index is 14.2. The minimum absolute atomic E-state index is 0.0186. The van der Waals surface area contributed by atoms with Gasteiger partial charge < -0.3 is 39.2 Å². The van der Waals surface area contributed by atoms with Crippen LogP contribution in [0.4, 0.5) is 10.1 Å². The minimum atomic E-state index is -1.13. The number of rotatable bonds is 8. The van der Waals surface area contributed by atoms with Crippen LogP contribution in [-0.2, 0) is 18.3 Å². The van der Waals surface area contributed by atoms with E-state index in [1.807, 2.05) is 11.6 Å². The second-order valence-electron chi connectivity index (χ2n) is 10.6. The van der Waals surface area contributed by atoms with E-state index < -0.39 is 6.17 Å². The fourth-order valence-corrected chi connectivity index (χ4v) is 6.13. The first-order chi connectivity index (χ1) is 19.4. The Morgan fingerprint density at radius 3 is 2.80 bits per heavy atom. The lowest BCUT2D eigenvalue weighted by molar-refractivity contribution is 0.0606. The summed E-state index contributed by atoms with van der Waals surface area (Å²) in [5.41, 5.74) is 11.1. The second kappa shape index (κ2) is 10.7. The number of para-hydroxylation sites is 1. The number of nitrogens with two attached hydrogens (primary N) is 1. The zero-order valence-corrected chi connectivity index (χ0v) is 22.8. The van der Waals surface area contributed by atoms with Gasteiger partial charge in [0, 0.05) is 50.2 Å². The van der Waals surface area contributed by atoms with Gasteiger partial charge in [0.25, 0.3) is 5.91 Å². The van der Waals surface area contributed by atoms with Crippen LogP contribution in [0, 0.1) is 0 Å². The molecule has 2 aliphatic rings. The van der Waals surface area contributed by atoms with E-state index in [-0.39, 0.29) is 31.5 Å².